The maximum atomic E-state index is 14.4. The minimum Gasteiger partial charge on any atom is -0.394 e. The fourth-order valence-electron chi connectivity index (χ4n) is 13.3. The van der Waals surface area contributed by atoms with E-state index in [9.17, 15) is 118 Å². The van der Waals surface area contributed by atoms with Crippen LogP contribution in [0.4, 0.5) is 0 Å². The molecule has 8 unspecified atom stereocenters. The number of likely N-dealkylation sites (tertiary alicyclic amines) is 1. The van der Waals surface area contributed by atoms with Crippen molar-refractivity contribution in [2.45, 2.75) is 284 Å². The molecule has 6 amide bonds. The number of nitrogens with zero attached hydrogens (tertiary/aromatic N) is 1. The zero-order valence-corrected chi connectivity index (χ0v) is 69.4. The summed E-state index contributed by atoms with van der Waals surface area (Å²) in [5.74, 6) is -5.56. The Kier molecular flexibility index (Phi) is 45.2. The number of β-amino-alcohol motifs (C(OH)–C–C–N with tert-alkyl or cyclic N) is 1. The van der Waals surface area contributed by atoms with Crippen LogP contribution in [-0.2, 0) is 118 Å². The van der Waals surface area contributed by atoms with Crippen LogP contribution in [-0.4, -0.2) is 376 Å². The Morgan fingerprint density at radius 1 is 0.492 bits per heavy atom. The van der Waals surface area contributed by atoms with E-state index in [1.54, 1.807) is 6.92 Å². The van der Waals surface area contributed by atoms with E-state index >= 15 is 0 Å². The Morgan fingerprint density at radius 3 is 1.29 bits per heavy atom. The SMILES string of the molecule is C=P(O)(OC[C@@H]1C[C@@H](O)CN1C(=O)CCC(=O)NC(COCCC(=O)CCCC(=O)CCO[C@@H]1OC(CO)[C@H](O)C(O)[C@@H]1NC(C)=O)(COCCC(=O)CCCC(=O)CCO[C@@H]1OC(CO)[C@H](O)C(O)[C@@H]1NC(C)=O)COCCC(=O)NCCC(=O)CCO[C@@H]1OC(CO)[C@H](O)C(O)[C@@H]1NC(C)=O)O[C@H]1C[C@H](C)O[C@@H]1COP(=O)(O)C(C)C. The van der Waals surface area contributed by atoms with Crippen LogP contribution >= 0.6 is 15.2 Å². The lowest BCUT2D eigenvalue weighted by Gasteiger charge is -2.42. The van der Waals surface area contributed by atoms with Crippen LogP contribution in [0.15, 0.2) is 0 Å². The van der Waals surface area contributed by atoms with Gasteiger partial charge in [-0.2, -0.15) is 0 Å². The third-order valence-electron chi connectivity index (χ3n) is 19.9. The number of hydrogen-bond donors (Lipinski definition) is 17. The van der Waals surface area contributed by atoms with Gasteiger partial charge in [0.15, 0.2) is 18.9 Å². The number of ketones is 5. The first-order valence-corrected chi connectivity index (χ1v) is 42.9. The summed E-state index contributed by atoms with van der Waals surface area (Å²) < 4.78 is 87.1. The smallest absolute Gasteiger partial charge is 0.330 e. The molecule has 0 aliphatic carbocycles. The largest absolute Gasteiger partial charge is 0.394 e. The summed E-state index contributed by atoms with van der Waals surface area (Å²) >= 11 is 0. The van der Waals surface area contributed by atoms with E-state index in [4.69, 9.17) is 60.9 Å². The van der Waals surface area contributed by atoms with Crippen molar-refractivity contribution in [1.82, 2.24) is 31.5 Å². The molecule has 0 aromatic carbocycles. The van der Waals surface area contributed by atoms with Gasteiger partial charge >= 0.3 is 7.60 Å². The molecule has 0 aromatic heterocycles. The van der Waals surface area contributed by atoms with E-state index in [1.807, 2.05) is 0 Å². The Balaban J connectivity index is 1.26. The van der Waals surface area contributed by atoms with Crippen LogP contribution < -0.4 is 26.6 Å². The lowest BCUT2D eigenvalue weighted by Crippen LogP contribution is -2.64. The van der Waals surface area contributed by atoms with E-state index in [2.05, 4.69) is 32.9 Å². The predicted molar refractivity (Wildman–Crippen MR) is 408 cm³/mol. The molecular weight excluding hydrogens is 1610 g/mol. The van der Waals surface area contributed by atoms with E-state index in [-0.39, 0.29) is 179 Å². The summed E-state index contributed by atoms with van der Waals surface area (Å²) in [5.41, 5.74) is -2.48. The van der Waals surface area contributed by atoms with Gasteiger partial charge in [0.2, 0.25) is 43.0 Å². The average molecular weight is 1740 g/mol. The number of carbonyl (C=O) groups is 11. The van der Waals surface area contributed by atoms with E-state index < -0.39 is 249 Å². The number of nitrogens with one attached hydrogen (secondary N) is 5. The number of ether oxygens (including phenoxy) is 10. The van der Waals surface area contributed by atoms with Crippen LogP contribution in [0.3, 0.4) is 0 Å². The molecular formula is C73H124N6O37P2. The third-order valence-corrected chi connectivity index (χ3v) is 22.8. The van der Waals surface area contributed by atoms with Crippen molar-refractivity contribution in [1.29, 1.82) is 0 Å². The van der Waals surface area contributed by atoms with Crippen molar-refractivity contribution in [3.8, 4) is 0 Å². The lowest BCUT2D eigenvalue weighted by atomic mass is 9.97. The molecule has 43 nitrogen and oxygen atoms in total. The highest BCUT2D eigenvalue weighted by Crippen LogP contribution is 2.50. The van der Waals surface area contributed by atoms with E-state index in [1.165, 1.54) is 18.7 Å². The minimum absolute atomic E-state index is 0.0258. The molecule has 0 bridgehead atoms. The van der Waals surface area contributed by atoms with E-state index in [0.29, 0.717) is 0 Å². The zero-order chi connectivity index (χ0) is 87.6. The molecule has 5 fully saturated rings. The number of hydrogen-bond acceptors (Lipinski definition) is 36. The summed E-state index contributed by atoms with van der Waals surface area (Å²) in [7, 11) is -8.00. The number of Topliss-reactive ketones (excluding diaryl/α,β-unsaturated/α-hetero) is 5. The van der Waals surface area contributed by atoms with Crippen LogP contribution in [0.2, 0.25) is 0 Å². The van der Waals surface area contributed by atoms with Gasteiger partial charge in [-0.25, -0.2) is 0 Å². The molecule has 5 saturated heterocycles. The van der Waals surface area contributed by atoms with Gasteiger partial charge < -0.3 is 153 Å². The second-order valence-corrected chi connectivity index (χ2v) is 34.4. The zero-order valence-electron chi connectivity index (χ0n) is 67.6. The summed E-state index contributed by atoms with van der Waals surface area (Å²) in [6.07, 6.45) is -19.4. The molecule has 0 saturated carbocycles. The molecule has 0 spiro atoms. The van der Waals surface area contributed by atoms with Crippen LogP contribution in [0, 0.1) is 0 Å². The number of aliphatic hydroxyl groups is 10. The van der Waals surface area contributed by atoms with Crippen molar-refractivity contribution in [3.05, 3.63) is 0 Å². The third kappa shape index (κ3) is 35.5. The molecule has 118 heavy (non-hydrogen) atoms. The Morgan fingerprint density at radius 2 is 0.890 bits per heavy atom. The number of carbonyl (C=O) groups excluding carboxylic acids is 11. The Hall–Kier alpha value is -5.30. The Bertz CT molecular complexity index is 3090. The van der Waals surface area contributed by atoms with E-state index in [0.717, 1.165) is 20.8 Å². The van der Waals surface area contributed by atoms with Crippen molar-refractivity contribution in [2.24, 2.45) is 0 Å². The molecule has 22 atom stereocenters. The maximum Gasteiger partial charge on any atom is 0.330 e. The first kappa shape index (κ1) is 103. The summed E-state index contributed by atoms with van der Waals surface area (Å²) in [6, 6.07) is -4.61. The van der Waals surface area contributed by atoms with Crippen LogP contribution in [0.5, 0.6) is 0 Å². The lowest BCUT2D eigenvalue weighted by molar-refractivity contribution is -0.269. The molecule has 678 valence electrons. The monoisotopic (exact) mass is 1740 g/mol. The average Bonchev–Trinajstić information content (AvgIpc) is 1.28. The van der Waals surface area contributed by atoms with Crippen molar-refractivity contribution in [2.75, 3.05) is 106 Å². The summed E-state index contributed by atoms with van der Waals surface area (Å²) in [5, 5.41) is 115. The fraction of sp³-hybridized carbons (Fsp3) is 0.836. The highest BCUT2D eigenvalue weighted by molar-refractivity contribution is 7.58. The maximum absolute atomic E-state index is 14.4. The van der Waals surface area contributed by atoms with Crippen molar-refractivity contribution < 1.29 is 179 Å². The molecule has 45 heteroatoms. The quantitative estimate of drug-likeness (QED) is 0.0200. The number of aliphatic hydroxyl groups excluding tert-OH is 10. The molecule has 5 heterocycles. The van der Waals surface area contributed by atoms with Gasteiger partial charge in [-0.15, -0.1) is 0 Å². The Labute approximate surface area is 683 Å². The van der Waals surface area contributed by atoms with Crippen LogP contribution in [0.1, 0.15) is 151 Å². The molecule has 5 aliphatic rings. The highest BCUT2D eigenvalue weighted by Gasteiger charge is 2.49. The second kappa shape index (κ2) is 51.7. The molecule has 0 aromatic rings. The summed E-state index contributed by atoms with van der Waals surface area (Å²) in [4.78, 5) is 166. The second-order valence-electron chi connectivity index (χ2n) is 30.2. The first-order chi connectivity index (χ1) is 55.7. The van der Waals surface area contributed by atoms with Gasteiger partial charge in [0.25, 0.3) is 0 Å². The van der Waals surface area contributed by atoms with Gasteiger partial charge in [-0.3, -0.25) is 57.3 Å². The molecule has 5 rings (SSSR count). The predicted octanol–water partition coefficient (Wildman–Crippen LogP) is -5.08. The van der Waals surface area contributed by atoms with Crippen LogP contribution in [0.25, 0.3) is 0 Å². The van der Waals surface area contributed by atoms with Gasteiger partial charge in [0.1, 0.15) is 114 Å². The molecule has 5 aliphatic heterocycles. The highest BCUT2D eigenvalue weighted by atomic mass is 31.2. The topological polar surface area (TPSA) is 631 Å². The van der Waals surface area contributed by atoms with Gasteiger partial charge in [0, 0.05) is 124 Å². The summed E-state index contributed by atoms with van der Waals surface area (Å²) in [6.45, 7) is 1.79. The van der Waals surface area contributed by atoms with Gasteiger partial charge in [0.05, 0.1) is 123 Å². The van der Waals surface area contributed by atoms with Gasteiger partial charge in [-0.05, 0) is 32.5 Å². The number of rotatable bonds is 57. The van der Waals surface area contributed by atoms with Crippen molar-refractivity contribution >= 4 is 85.8 Å². The molecule has 17 N–H and O–H groups in total. The van der Waals surface area contributed by atoms with Gasteiger partial charge in [-0.1, -0.05) is 13.8 Å². The molecule has 0 radical (unpaired) electrons. The minimum atomic E-state index is -4.02. The standard InChI is InChI=1S/C73H124N6O37P2/c1-41(2)118(102,103)111-37-57-53(30-42(3)112-57)116-117(7,101)110-36-46-31-52(91)32-79(46)60(94)15-14-59(93)78-73(38-104-24-17-47(86)10-8-12-49(88)19-27-107-70-61(75-43(4)83)67(98)64(95)54(33-80)113-70,39-105-25-18-48(87)11-9-13-50(89)20-28-108-71-62(76-44(5)84)68(99)65(96)55(34-81)114-71)40-106-26-22-58(92)74-23-16-51(90)21-29-109-72-63(77-45(6)85)69(100)66(97)56(35-82)115-72/h41-42,46,52-57,61-72,80-82,91,95-101H,7-40H2,1-6H3,(H,74,92)(H,75,83)(H,76,84)(H,77,85)(H,78,93)(H,102,103)/t42-,46-,52+,53-,54?,55?,56?,57+,61-,62-,63-,64-,65-,66-,67?,68?,69?,70+,71+,72+,73?,117?/m0/s1. The first-order valence-electron chi connectivity index (χ1n) is 39.5. The normalized spacial score (nSPS) is 29.4. The number of amides is 6. The van der Waals surface area contributed by atoms with Crippen molar-refractivity contribution in [3.63, 3.8) is 0 Å². The fourth-order valence-corrected chi connectivity index (χ4v) is 15.1.